The van der Waals surface area contributed by atoms with E-state index in [2.05, 4.69) is 9.47 Å². The van der Waals surface area contributed by atoms with Gasteiger partial charge in [0, 0.05) is 0 Å². The second-order valence-corrected chi connectivity index (χ2v) is 3.40. The van der Waals surface area contributed by atoms with Crippen LogP contribution in [-0.2, 0) is 19.1 Å². The van der Waals surface area contributed by atoms with Crippen molar-refractivity contribution in [1.82, 2.24) is 0 Å². The maximum absolute atomic E-state index is 13.2. The van der Waals surface area contributed by atoms with Gasteiger partial charge in [-0.05, 0) is 13.3 Å². The van der Waals surface area contributed by atoms with Crippen molar-refractivity contribution >= 4 is 11.9 Å². The van der Waals surface area contributed by atoms with E-state index in [9.17, 15) is 27.2 Å². The molecule has 0 N–H and O–H groups in total. The lowest BCUT2D eigenvalue weighted by atomic mass is 10.1. The van der Waals surface area contributed by atoms with Gasteiger partial charge in [0.1, 0.15) is 0 Å². The van der Waals surface area contributed by atoms with E-state index in [0.717, 1.165) is 6.92 Å². The van der Waals surface area contributed by atoms with Crippen LogP contribution in [0.25, 0.3) is 0 Å². The van der Waals surface area contributed by atoms with E-state index in [1.54, 1.807) is 0 Å². The zero-order chi connectivity index (χ0) is 13.7. The molecule has 0 bridgehead atoms. The number of ether oxygens (including phenoxy) is 2. The van der Waals surface area contributed by atoms with E-state index >= 15 is 0 Å². The number of carbonyl (C=O) groups excluding carboxylic acids is 2. The summed E-state index contributed by atoms with van der Waals surface area (Å²) in [5, 5.41) is 0. The van der Waals surface area contributed by atoms with Crippen LogP contribution in [0, 0.1) is 0 Å². The Balaban J connectivity index is 3.97. The predicted octanol–water partition coefficient (Wildman–Crippen LogP) is 1.77. The van der Waals surface area contributed by atoms with Crippen molar-refractivity contribution < 1.29 is 36.6 Å². The second-order valence-electron chi connectivity index (χ2n) is 3.40. The molecule has 17 heavy (non-hydrogen) atoms. The van der Waals surface area contributed by atoms with Gasteiger partial charge in [0.05, 0.1) is 0 Å². The quantitative estimate of drug-likeness (QED) is 0.558. The largest absolute Gasteiger partial charge is 0.454 e. The lowest BCUT2D eigenvalue weighted by molar-refractivity contribution is -0.191. The van der Waals surface area contributed by atoms with Crippen LogP contribution in [0.5, 0.6) is 0 Å². The monoisotopic (exact) mass is 260 g/mol. The highest BCUT2D eigenvalue weighted by molar-refractivity contribution is 5.81. The average Bonchev–Trinajstić information content (AvgIpc) is 2.21. The highest BCUT2D eigenvalue weighted by Crippen LogP contribution is 2.17. The van der Waals surface area contributed by atoms with Gasteiger partial charge in [0.2, 0.25) is 5.67 Å². The molecular weight excluding hydrogens is 248 g/mol. The van der Waals surface area contributed by atoms with Crippen molar-refractivity contribution in [2.75, 3.05) is 13.2 Å². The van der Waals surface area contributed by atoms with E-state index in [1.807, 2.05) is 0 Å². The van der Waals surface area contributed by atoms with E-state index in [0.29, 0.717) is 0 Å². The van der Waals surface area contributed by atoms with Gasteiger partial charge in [0.25, 0.3) is 0 Å². The topological polar surface area (TPSA) is 52.6 Å². The maximum atomic E-state index is 13.2. The molecule has 0 aliphatic heterocycles. The predicted molar refractivity (Wildman–Crippen MR) is 47.8 cm³/mol. The third kappa shape index (κ3) is 6.75. The van der Waals surface area contributed by atoms with Gasteiger partial charge >= 0.3 is 18.1 Å². The zero-order valence-corrected chi connectivity index (χ0v) is 9.27. The SMILES string of the molecule is CCC(C)(F)C(=O)OCC(=O)OCC(F)(F)F. The lowest BCUT2D eigenvalue weighted by Gasteiger charge is -2.16. The molecule has 0 aliphatic carbocycles. The van der Waals surface area contributed by atoms with Crippen LogP contribution in [0.15, 0.2) is 0 Å². The molecule has 0 radical (unpaired) electrons. The summed E-state index contributed by atoms with van der Waals surface area (Å²) >= 11 is 0. The molecule has 100 valence electrons. The third-order valence-corrected chi connectivity index (χ3v) is 1.81. The van der Waals surface area contributed by atoms with Crippen molar-refractivity contribution in [3.63, 3.8) is 0 Å². The molecule has 0 rings (SSSR count). The summed E-state index contributed by atoms with van der Waals surface area (Å²) in [6, 6.07) is 0. The Morgan fingerprint density at radius 1 is 1.12 bits per heavy atom. The van der Waals surface area contributed by atoms with E-state index in [-0.39, 0.29) is 6.42 Å². The summed E-state index contributed by atoms with van der Waals surface area (Å²) in [6.45, 7) is -0.502. The Morgan fingerprint density at radius 3 is 2.06 bits per heavy atom. The van der Waals surface area contributed by atoms with E-state index in [1.165, 1.54) is 6.92 Å². The first-order valence-corrected chi connectivity index (χ1v) is 4.67. The van der Waals surface area contributed by atoms with E-state index in [4.69, 9.17) is 0 Å². The lowest BCUT2D eigenvalue weighted by Crippen LogP contribution is -2.33. The number of rotatable bonds is 5. The molecule has 0 saturated heterocycles. The first-order valence-electron chi connectivity index (χ1n) is 4.67. The van der Waals surface area contributed by atoms with Crippen molar-refractivity contribution in [1.29, 1.82) is 0 Å². The standard InChI is InChI=1S/C9H12F4O4/c1-3-8(2,10)7(15)16-4-6(14)17-5-9(11,12)13/h3-5H2,1-2H3. The molecule has 0 aromatic rings. The summed E-state index contributed by atoms with van der Waals surface area (Å²) in [6.07, 6.45) is -4.83. The fourth-order valence-corrected chi connectivity index (χ4v) is 0.623. The van der Waals surface area contributed by atoms with Gasteiger partial charge in [-0.1, -0.05) is 6.92 Å². The van der Waals surface area contributed by atoms with Gasteiger partial charge in [-0.15, -0.1) is 0 Å². The molecule has 0 spiro atoms. The summed E-state index contributed by atoms with van der Waals surface area (Å²) in [5.74, 6) is -2.70. The van der Waals surface area contributed by atoms with Crippen molar-refractivity contribution in [2.45, 2.75) is 32.1 Å². The van der Waals surface area contributed by atoms with Crippen LogP contribution in [-0.4, -0.2) is 37.0 Å². The number of hydrogen-bond acceptors (Lipinski definition) is 4. The first kappa shape index (κ1) is 15.7. The minimum Gasteiger partial charge on any atom is -0.454 e. The van der Waals surface area contributed by atoms with Crippen LogP contribution in [0.4, 0.5) is 17.6 Å². The second kappa shape index (κ2) is 5.83. The molecular formula is C9H12F4O4. The highest BCUT2D eigenvalue weighted by Gasteiger charge is 2.34. The smallest absolute Gasteiger partial charge is 0.422 e. The maximum Gasteiger partial charge on any atom is 0.422 e. The molecule has 0 aliphatic rings. The Labute approximate surface area is 94.9 Å². The number of alkyl halides is 4. The Morgan fingerprint density at radius 2 is 1.65 bits per heavy atom. The first-order chi connectivity index (χ1) is 7.58. The Bertz CT molecular complexity index is 285. The number of hydrogen-bond donors (Lipinski definition) is 0. The summed E-state index contributed by atoms with van der Waals surface area (Å²) < 4.78 is 56.0. The Kier molecular flexibility index (Phi) is 5.37. The van der Waals surface area contributed by atoms with Crippen LogP contribution in [0.1, 0.15) is 20.3 Å². The van der Waals surface area contributed by atoms with Crippen molar-refractivity contribution in [2.24, 2.45) is 0 Å². The fraction of sp³-hybridized carbons (Fsp3) is 0.778. The van der Waals surface area contributed by atoms with Gasteiger partial charge < -0.3 is 9.47 Å². The minimum atomic E-state index is -4.66. The third-order valence-electron chi connectivity index (χ3n) is 1.81. The molecule has 1 unspecified atom stereocenters. The Hall–Kier alpha value is -1.34. The molecule has 1 atom stereocenters. The van der Waals surface area contributed by atoms with Gasteiger partial charge in [-0.25, -0.2) is 14.0 Å². The van der Waals surface area contributed by atoms with Crippen LogP contribution in [0.2, 0.25) is 0 Å². The van der Waals surface area contributed by atoms with Crippen LogP contribution in [0.3, 0.4) is 0 Å². The minimum absolute atomic E-state index is 0.177. The molecule has 8 heteroatoms. The molecule has 0 aromatic heterocycles. The molecule has 0 aromatic carbocycles. The van der Waals surface area contributed by atoms with E-state index < -0.39 is 37.0 Å². The molecule has 0 amide bonds. The highest BCUT2D eigenvalue weighted by atomic mass is 19.4. The van der Waals surface area contributed by atoms with Gasteiger partial charge in [-0.3, -0.25) is 0 Å². The molecule has 4 nitrogen and oxygen atoms in total. The number of halogens is 4. The number of esters is 2. The van der Waals surface area contributed by atoms with Crippen molar-refractivity contribution in [3.05, 3.63) is 0 Å². The van der Waals surface area contributed by atoms with Crippen molar-refractivity contribution in [3.8, 4) is 0 Å². The normalized spacial score (nSPS) is 14.9. The zero-order valence-electron chi connectivity index (χ0n) is 9.27. The summed E-state index contributed by atoms with van der Waals surface area (Å²) in [5.41, 5.74) is -2.27. The average molecular weight is 260 g/mol. The summed E-state index contributed by atoms with van der Waals surface area (Å²) in [4.78, 5) is 21.7. The fourth-order valence-electron chi connectivity index (χ4n) is 0.623. The van der Waals surface area contributed by atoms with Gasteiger partial charge in [-0.2, -0.15) is 13.2 Å². The summed E-state index contributed by atoms with van der Waals surface area (Å²) in [7, 11) is 0. The van der Waals surface area contributed by atoms with Gasteiger partial charge in [0.15, 0.2) is 13.2 Å². The number of carbonyl (C=O) groups is 2. The van der Waals surface area contributed by atoms with Crippen LogP contribution < -0.4 is 0 Å². The molecule has 0 saturated carbocycles. The van der Waals surface area contributed by atoms with Crippen LogP contribution >= 0.6 is 0 Å². The molecule has 0 heterocycles. The molecule has 0 fully saturated rings.